The van der Waals surface area contributed by atoms with Crippen molar-refractivity contribution in [2.24, 2.45) is 0 Å². The fourth-order valence-corrected chi connectivity index (χ4v) is 7.97. The van der Waals surface area contributed by atoms with Gasteiger partial charge in [0.2, 0.25) is 5.95 Å². The number of hydrogen-bond donors (Lipinski definition) is 0. The van der Waals surface area contributed by atoms with Crippen LogP contribution in [0.5, 0.6) is 0 Å². The molecule has 0 saturated carbocycles. The first-order valence-corrected chi connectivity index (χ1v) is 16.8. The van der Waals surface area contributed by atoms with Gasteiger partial charge < -0.3 is 4.57 Å². The van der Waals surface area contributed by atoms with Gasteiger partial charge in [0.25, 0.3) is 0 Å². The van der Waals surface area contributed by atoms with E-state index in [0.29, 0.717) is 17.6 Å². The molecule has 3 heterocycles. The SMILES string of the molecule is c1ccc(-c2nc(-c3ccccc3)nc(-n3c4cc5c(cc4c4c6c7cc8c(cc7n(-c7ccccc7)c6ccc43)CC8)CC5)n2)cc1. The van der Waals surface area contributed by atoms with Gasteiger partial charge in [0.1, 0.15) is 0 Å². The van der Waals surface area contributed by atoms with Crippen molar-refractivity contribution in [1.29, 1.82) is 0 Å². The van der Waals surface area contributed by atoms with Gasteiger partial charge in [0.05, 0.1) is 22.1 Å². The Kier molecular flexibility index (Phi) is 5.28. The first-order chi connectivity index (χ1) is 23.8. The minimum Gasteiger partial charge on any atom is -0.309 e. The van der Waals surface area contributed by atoms with Crippen LogP contribution in [0, 0.1) is 0 Å². The predicted molar refractivity (Wildman–Crippen MR) is 194 cm³/mol. The molecule has 9 aromatic rings. The Balaban J connectivity index is 1.29. The van der Waals surface area contributed by atoms with E-state index in [-0.39, 0.29) is 0 Å². The number of rotatable bonds is 4. The van der Waals surface area contributed by atoms with Gasteiger partial charge in [-0.25, -0.2) is 4.98 Å². The molecule has 11 rings (SSSR count). The second-order valence-corrected chi connectivity index (χ2v) is 13.2. The summed E-state index contributed by atoms with van der Waals surface area (Å²) in [5.74, 6) is 1.97. The number of aryl methyl sites for hydroxylation is 4. The molecule has 3 aromatic heterocycles. The topological polar surface area (TPSA) is 48.5 Å². The minimum absolute atomic E-state index is 0.636. The Bertz CT molecular complexity index is 2700. The van der Waals surface area contributed by atoms with E-state index in [4.69, 9.17) is 15.0 Å². The standard InChI is InChI=1S/C43H29N5/c1-4-10-26(11-5-1)41-44-42(27-12-6-2-7-13-27)46-43(45-41)48-36-21-20-35-39(40(36)34-23-29-17-19-31(29)25-38(34)48)33-22-28-16-18-30(28)24-37(33)47(35)32-14-8-3-9-15-32/h1-15,20-25H,16-19H2. The first-order valence-electron chi connectivity index (χ1n) is 16.8. The molecule has 226 valence electrons. The third kappa shape index (κ3) is 3.64. The van der Waals surface area contributed by atoms with E-state index in [9.17, 15) is 0 Å². The summed E-state index contributed by atoms with van der Waals surface area (Å²) in [6.45, 7) is 0. The average molecular weight is 616 g/mol. The fraction of sp³-hybridized carbons (Fsp3) is 0.0930. The molecule has 0 unspecified atom stereocenters. The number of nitrogens with zero attached hydrogens (tertiary/aromatic N) is 5. The molecule has 2 aliphatic rings. The summed E-state index contributed by atoms with van der Waals surface area (Å²) in [6.07, 6.45) is 4.51. The Morgan fingerprint density at radius 3 is 1.33 bits per heavy atom. The van der Waals surface area contributed by atoms with Gasteiger partial charge in [-0.1, -0.05) is 78.9 Å². The molecule has 48 heavy (non-hydrogen) atoms. The lowest BCUT2D eigenvalue weighted by atomic mass is 9.86. The highest BCUT2D eigenvalue weighted by Crippen LogP contribution is 2.45. The highest BCUT2D eigenvalue weighted by atomic mass is 15.2. The molecule has 0 spiro atoms. The van der Waals surface area contributed by atoms with E-state index in [1.54, 1.807) is 0 Å². The highest BCUT2D eigenvalue weighted by molar-refractivity contribution is 6.29. The van der Waals surface area contributed by atoms with E-state index in [1.165, 1.54) is 60.5 Å². The van der Waals surface area contributed by atoms with Crippen molar-refractivity contribution in [3.8, 4) is 34.4 Å². The summed E-state index contributed by atoms with van der Waals surface area (Å²) in [5, 5.41) is 5.13. The monoisotopic (exact) mass is 615 g/mol. The lowest BCUT2D eigenvalue weighted by molar-refractivity contribution is 0.842. The Morgan fingerprint density at radius 2 is 0.833 bits per heavy atom. The molecule has 0 N–H and O–H groups in total. The van der Waals surface area contributed by atoms with Crippen LogP contribution in [-0.4, -0.2) is 24.1 Å². The molecule has 6 aromatic carbocycles. The second kappa shape index (κ2) is 9.72. The second-order valence-electron chi connectivity index (χ2n) is 13.2. The van der Waals surface area contributed by atoms with Crippen LogP contribution >= 0.6 is 0 Å². The summed E-state index contributed by atoms with van der Waals surface area (Å²) in [6, 6.07) is 45.6. The highest BCUT2D eigenvalue weighted by Gasteiger charge is 2.26. The van der Waals surface area contributed by atoms with Gasteiger partial charge in [0.15, 0.2) is 11.6 Å². The maximum Gasteiger partial charge on any atom is 0.238 e. The van der Waals surface area contributed by atoms with Crippen LogP contribution in [-0.2, 0) is 25.7 Å². The molecule has 0 saturated heterocycles. The third-order valence-electron chi connectivity index (χ3n) is 10.5. The van der Waals surface area contributed by atoms with E-state index >= 15 is 0 Å². The summed E-state index contributed by atoms with van der Waals surface area (Å²) >= 11 is 0. The average Bonchev–Trinajstić information content (AvgIpc) is 3.62. The number of aromatic nitrogens is 5. The van der Waals surface area contributed by atoms with Crippen LogP contribution in [0.1, 0.15) is 22.3 Å². The number of fused-ring (bicyclic) bond motifs is 9. The van der Waals surface area contributed by atoms with E-state index in [0.717, 1.165) is 47.8 Å². The summed E-state index contributed by atoms with van der Waals surface area (Å²) in [5.41, 5.74) is 13.7. The van der Waals surface area contributed by atoms with Gasteiger partial charge in [-0.15, -0.1) is 0 Å². The maximum absolute atomic E-state index is 5.21. The minimum atomic E-state index is 0.636. The van der Waals surface area contributed by atoms with Crippen LogP contribution in [0.15, 0.2) is 127 Å². The van der Waals surface area contributed by atoms with E-state index in [1.807, 2.05) is 36.4 Å². The van der Waals surface area contributed by atoms with Crippen molar-refractivity contribution in [2.75, 3.05) is 0 Å². The smallest absolute Gasteiger partial charge is 0.238 e. The van der Waals surface area contributed by atoms with Crippen molar-refractivity contribution in [1.82, 2.24) is 24.1 Å². The predicted octanol–water partition coefficient (Wildman–Crippen LogP) is 9.60. The molecule has 0 fully saturated rings. The molecular weight excluding hydrogens is 587 g/mol. The summed E-state index contributed by atoms with van der Waals surface area (Å²) in [4.78, 5) is 15.4. The van der Waals surface area contributed by atoms with Crippen molar-refractivity contribution in [3.05, 3.63) is 150 Å². The molecular formula is C43H29N5. The van der Waals surface area contributed by atoms with Crippen LogP contribution in [0.2, 0.25) is 0 Å². The Labute approximate surface area is 276 Å². The van der Waals surface area contributed by atoms with Gasteiger partial charge in [-0.3, -0.25) is 4.57 Å². The molecule has 5 heteroatoms. The largest absolute Gasteiger partial charge is 0.309 e. The molecule has 5 nitrogen and oxygen atoms in total. The number of hydrogen-bond acceptors (Lipinski definition) is 3. The van der Waals surface area contributed by atoms with Gasteiger partial charge in [0, 0.05) is 38.4 Å². The molecule has 0 bridgehead atoms. The van der Waals surface area contributed by atoms with Crippen molar-refractivity contribution < 1.29 is 0 Å². The van der Waals surface area contributed by atoms with Crippen LogP contribution in [0.25, 0.3) is 78.0 Å². The molecule has 0 aliphatic heterocycles. The van der Waals surface area contributed by atoms with E-state index < -0.39 is 0 Å². The Morgan fingerprint density at radius 1 is 0.396 bits per heavy atom. The quantitative estimate of drug-likeness (QED) is 0.198. The Hall–Kier alpha value is -6.07. The molecule has 0 amide bonds. The molecule has 0 atom stereocenters. The zero-order chi connectivity index (χ0) is 31.3. The zero-order valence-corrected chi connectivity index (χ0v) is 26.2. The van der Waals surface area contributed by atoms with Crippen LogP contribution < -0.4 is 0 Å². The van der Waals surface area contributed by atoms with Crippen molar-refractivity contribution in [3.63, 3.8) is 0 Å². The van der Waals surface area contributed by atoms with Crippen LogP contribution in [0.4, 0.5) is 0 Å². The summed E-state index contributed by atoms with van der Waals surface area (Å²) in [7, 11) is 0. The van der Waals surface area contributed by atoms with Crippen LogP contribution in [0.3, 0.4) is 0 Å². The third-order valence-corrected chi connectivity index (χ3v) is 10.5. The molecule has 2 aliphatic carbocycles. The maximum atomic E-state index is 5.21. The lowest BCUT2D eigenvalue weighted by Gasteiger charge is -2.19. The molecule has 0 radical (unpaired) electrons. The lowest BCUT2D eigenvalue weighted by Crippen LogP contribution is -2.09. The normalized spacial score (nSPS) is 13.5. The number of benzene rings is 6. The van der Waals surface area contributed by atoms with Gasteiger partial charge in [-0.2, -0.15) is 9.97 Å². The zero-order valence-electron chi connectivity index (χ0n) is 26.2. The van der Waals surface area contributed by atoms with E-state index in [2.05, 4.69) is 100 Å². The van der Waals surface area contributed by atoms with Crippen molar-refractivity contribution in [2.45, 2.75) is 25.7 Å². The fourth-order valence-electron chi connectivity index (χ4n) is 7.97. The first kappa shape index (κ1) is 26.0. The summed E-state index contributed by atoms with van der Waals surface area (Å²) < 4.78 is 4.74. The number of para-hydroxylation sites is 1. The van der Waals surface area contributed by atoms with Gasteiger partial charge >= 0.3 is 0 Å². The van der Waals surface area contributed by atoms with Crippen molar-refractivity contribution >= 4 is 43.6 Å². The van der Waals surface area contributed by atoms with Gasteiger partial charge in [-0.05, 0) is 96.5 Å².